The molecule has 0 atom stereocenters. The monoisotopic (exact) mass is 378 g/mol. The Labute approximate surface area is 128 Å². The van der Waals surface area contributed by atoms with Crippen molar-refractivity contribution >= 4 is 48.9 Å². The molecule has 0 saturated carbocycles. The summed E-state index contributed by atoms with van der Waals surface area (Å²) in [5.41, 5.74) is 5.38. The fourth-order valence-electron chi connectivity index (χ4n) is 1.45. The van der Waals surface area contributed by atoms with Crippen LogP contribution in [0.3, 0.4) is 0 Å². The second-order valence-corrected chi connectivity index (χ2v) is 6.92. The van der Waals surface area contributed by atoms with Crippen molar-refractivity contribution in [3.8, 4) is 0 Å². The van der Waals surface area contributed by atoms with E-state index in [1.807, 2.05) is 0 Å². The summed E-state index contributed by atoms with van der Waals surface area (Å²) in [6.45, 7) is 0. The maximum absolute atomic E-state index is 13.3. The van der Waals surface area contributed by atoms with E-state index in [2.05, 4.69) is 20.7 Å². The largest absolute Gasteiger partial charge is 0.396 e. The lowest BCUT2D eigenvalue weighted by Crippen LogP contribution is -2.13. The molecule has 0 saturated heterocycles. The number of sulfonamides is 1. The standard InChI is InChI=1S/C12H9BrClFN2O2S/c13-7-1-3-9(14)12(5-7)17-20(18,19)8-2-4-11(16)10(15)6-8/h1-6,17H,16H2. The molecule has 3 N–H and O–H groups in total. The van der Waals surface area contributed by atoms with Crippen LogP contribution in [-0.2, 0) is 10.0 Å². The van der Waals surface area contributed by atoms with E-state index in [0.717, 1.165) is 6.07 Å². The van der Waals surface area contributed by atoms with E-state index < -0.39 is 15.8 Å². The molecule has 0 spiro atoms. The van der Waals surface area contributed by atoms with Gasteiger partial charge in [-0.15, -0.1) is 0 Å². The molecule has 0 fully saturated rings. The molecule has 8 heteroatoms. The predicted octanol–water partition coefficient (Wildman–Crippen LogP) is 3.62. The van der Waals surface area contributed by atoms with E-state index in [1.54, 1.807) is 6.07 Å². The molecular formula is C12H9BrClFN2O2S. The maximum atomic E-state index is 13.3. The van der Waals surface area contributed by atoms with Gasteiger partial charge in [0.25, 0.3) is 10.0 Å². The highest BCUT2D eigenvalue weighted by Crippen LogP contribution is 2.28. The van der Waals surface area contributed by atoms with Gasteiger partial charge in [0, 0.05) is 4.47 Å². The van der Waals surface area contributed by atoms with Crippen LogP contribution < -0.4 is 10.5 Å². The summed E-state index contributed by atoms with van der Waals surface area (Å²) in [6.07, 6.45) is 0. The Morgan fingerprint density at radius 2 is 1.90 bits per heavy atom. The van der Waals surface area contributed by atoms with Gasteiger partial charge in [-0.2, -0.15) is 0 Å². The quantitative estimate of drug-likeness (QED) is 0.800. The summed E-state index contributed by atoms with van der Waals surface area (Å²) in [5, 5.41) is 0.229. The van der Waals surface area contributed by atoms with Gasteiger partial charge in [0.1, 0.15) is 5.82 Å². The normalized spacial score (nSPS) is 11.3. The minimum Gasteiger partial charge on any atom is -0.396 e. The molecule has 2 rings (SSSR count). The second kappa shape index (κ2) is 5.59. The summed E-state index contributed by atoms with van der Waals surface area (Å²) in [7, 11) is -3.94. The molecule has 20 heavy (non-hydrogen) atoms. The Kier molecular flexibility index (Phi) is 4.22. The first-order valence-electron chi connectivity index (χ1n) is 5.32. The van der Waals surface area contributed by atoms with Gasteiger partial charge < -0.3 is 5.73 Å². The second-order valence-electron chi connectivity index (χ2n) is 3.91. The zero-order chi connectivity index (χ0) is 14.9. The number of nitrogens with one attached hydrogen (secondary N) is 1. The molecule has 106 valence electrons. The number of rotatable bonds is 3. The molecule has 0 aliphatic rings. The molecule has 2 aromatic carbocycles. The van der Waals surface area contributed by atoms with Crippen molar-refractivity contribution in [1.29, 1.82) is 0 Å². The highest BCUT2D eigenvalue weighted by Gasteiger charge is 2.17. The zero-order valence-electron chi connectivity index (χ0n) is 9.90. The van der Waals surface area contributed by atoms with E-state index in [-0.39, 0.29) is 21.3 Å². The van der Waals surface area contributed by atoms with Gasteiger partial charge >= 0.3 is 0 Å². The molecule has 2 aromatic rings. The Morgan fingerprint density at radius 3 is 2.55 bits per heavy atom. The SMILES string of the molecule is Nc1ccc(S(=O)(=O)Nc2cc(Br)ccc2Cl)cc1F. The molecule has 4 nitrogen and oxygen atoms in total. The van der Waals surface area contributed by atoms with Gasteiger partial charge in [-0.25, -0.2) is 12.8 Å². The number of benzene rings is 2. The lowest BCUT2D eigenvalue weighted by atomic mass is 10.3. The summed E-state index contributed by atoms with van der Waals surface area (Å²) in [6, 6.07) is 7.96. The van der Waals surface area contributed by atoms with Gasteiger partial charge in [-0.05, 0) is 36.4 Å². The molecule has 0 aliphatic carbocycles. The highest BCUT2D eigenvalue weighted by atomic mass is 79.9. The molecule has 0 unspecified atom stereocenters. The summed E-state index contributed by atoms with van der Waals surface area (Å²) in [5.74, 6) is -0.798. The predicted molar refractivity (Wildman–Crippen MR) is 80.8 cm³/mol. The first-order valence-corrected chi connectivity index (χ1v) is 7.98. The average Bonchev–Trinajstić information content (AvgIpc) is 2.36. The lowest BCUT2D eigenvalue weighted by Gasteiger charge is -2.10. The molecule has 0 aliphatic heterocycles. The van der Waals surface area contributed by atoms with Gasteiger partial charge in [-0.1, -0.05) is 27.5 Å². The number of halogens is 3. The Balaban J connectivity index is 2.40. The molecule has 0 aromatic heterocycles. The number of nitrogens with two attached hydrogens (primary N) is 1. The van der Waals surface area contributed by atoms with Crippen LogP contribution >= 0.6 is 27.5 Å². The van der Waals surface area contributed by atoms with Crippen molar-refractivity contribution in [3.63, 3.8) is 0 Å². The van der Waals surface area contributed by atoms with Crippen LogP contribution in [0.2, 0.25) is 5.02 Å². The molecule has 0 heterocycles. The van der Waals surface area contributed by atoms with E-state index in [0.29, 0.717) is 4.47 Å². The Bertz CT molecular complexity index is 768. The Morgan fingerprint density at radius 1 is 1.20 bits per heavy atom. The summed E-state index contributed by atoms with van der Waals surface area (Å²) >= 11 is 9.12. The topological polar surface area (TPSA) is 72.2 Å². The number of hydrogen-bond acceptors (Lipinski definition) is 3. The highest BCUT2D eigenvalue weighted by molar-refractivity contribution is 9.10. The van der Waals surface area contributed by atoms with Gasteiger partial charge in [0.2, 0.25) is 0 Å². The van der Waals surface area contributed by atoms with Gasteiger partial charge in [0.15, 0.2) is 0 Å². The molecule has 0 radical (unpaired) electrons. The number of anilines is 2. The molecule has 0 amide bonds. The third-order valence-electron chi connectivity index (χ3n) is 2.45. The van der Waals surface area contributed by atoms with Crippen molar-refractivity contribution in [2.24, 2.45) is 0 Å². The third-order valence-corrected chi connectivity index (χ3v) is 4.64. The number of nitrogen functional groups attached to an aromatic ring is 1. The average molecular weight is 380 g/mol. The smallest absolute Gasteiger partial charge is 0.262 e. The van der Waals surface area contributed by atoms with E-state index in [4.69, 9.17) is 17.3 Å². The van der Waals surface area contributed by atoms with E-state index >= 15 is 0 Å². The van der Waals surface area contributed by atoms with Crippen molar-refractivity contribution in [2.75, 3.05) is 10.5 Å². The first kappa shape index (κ1) is 15.1. The fourth-order valence-corrected chi connectivity index (χ4v) is 3.12. The Hall–Kier alpha value is -1.31. The van der Waals surface area contributed by atoms with Crippen molar-refractivity contribution in [3.05, 3.63) is 51.7 Å². The summed E-state index contributed by atoms with van der Waals surface area (Å²) in [4.78, 5) is -0.236. The van der Waals surface area contributed by atoms with Crippen LogP contribution in [0.25, 0.3) is 0 Å². The van der Waals surface area contributed by atoms with Gasteiger partial charge in [0.05, 0.1) is 21.3 Å². The maximum Gasteiger partial charge on any atom is 0.262 e. The zero-order valence-corrected chi connectivity index (χ0v) is 13.1. The lowest BCUT2D eigenvalue weighted by molar-refractivity contribution is 0.596. The van der Waals surface area contributed by atoms with Crippen LogP contribution in [0.5, 0.6) is 0 Å². The van der Waals surface area contributed by atoms with Crippen LogP contribution in [-0.4, -0.2) is 8.42 Å². The van der Waals surface area contributed by atoms with E-state index in [1.165, 1.54) is 24.3 Å². The van der Waals surface area contributed by atoms with E-state index in [9.17, 15) is 12.8 Å². The van der Waals surface area contributed by atoms with Crippen LogP contribution in [0.1, 0.15) is 0 Å². The van der Waals surface area contributed by atoms with Crippen LogP contribution in [0.4, 0.5) is 15.8 Å². The fraction of sp³-hybridized carbons (Fsp3) is 0. The minimum atomic E-state index is -3.94. The third kappa shape index (κ3) is 3.23. The van der Waals surface area contributed by atoms with Gasteiger partial charge in [-0.3, -0.25) is 4.72 Å². The van der Waals surface area contributed by atoms with Crippen LogP contribution in [0.15, 0.2) is 45.8 Å². The minimum absolute atomic E-state index is 0.121. The first-order chi connectivity index (χ1) is 9.29. The van der Waals surface area contributed by atoms with Crippen molar-refractivity contribution in [1.82, 2.24) is 0 Å². The van der Waals surface area contributed by atoms with Crippen LogP contribution in [0, 0.1) is 5.82 Å². The van der Waals surface area contributed by atoms with Crippen molar-refractivity contribution in [2.45, 2.75) is 4.90 Å². The summed E-state index contributed by atoms with van der Waals surface area (Å²) < 4.78 is 40.6. The number of hydrogen-bond donors (Lipinski definition) is 2. The van der Waals surface area contributed by atoms with Crippen molar-refractivity contribution < 1.29 is 12.8 Å². The molecular weight excluding hydrogens is 371 g/mol. The molecule has 0 bridgehead atoms.